The number of benzene rings is 1. The third kappa shape index (κ3) is 2.66. The second-order valence-corrected chi connectivity index (χ2v) is 4.90. The summed E-state index contributed by atoms with van der Waals surface area (Å²) < 4.78 is 35.7. The summed E-state index contributed by atoms with van der Waals surface area (Å²) in [6, 6.07) is 2.99. The van der Waals surface area contributed by atoms with Crippen molar-refractivity contribution >= 4 is 21.4 Å². The first-order chi connectivity index (χ1) is 6.83. The van der Waals surface area contributed by atoms with Gasteiger partial charge in [0, 0.05) is 0 Å². The molecule has 4 N–H and O–H groups in total. The van der Waals surface area contributed by atoms with Gasteiger partial charge in [-0.25, -0.2) is 12.8 Å². The van der Waals surface area contributed by atoms with Gasteiger partial charge in [-0.2, -0.15) is 0 Å². The molecule has 0 heterocycles. The molecule has 1 amide bonds. The van der Waals surface area contributed by atoms with Gasteiger partial charge in [0.05, 0.1) is 10.6 Å². The van der Waals surface area contributed by atoms with Crippen molar-refractivity contribution in [3.8, 4) is 0 Å². The van der Waals surface area contributed by atoms with Gasteiger partial charge >= 0.3 is 0 Å². The van der Waals surface area contributed by atoms with Crippen LogP contribution in [0.1, 0.15) is 0 Å². The fraction of sp³-hybridized carbons (Fsp3) is 0.125. The van der Waals surface area contributed by atoms with Gasteiger partial charge in [0.1, 0.15) is 11.6 Å². The van der Waals surface area contributed by atoms with Crippen molar-refractivity contribution in [3.63, 3.8) is 0 Å². The second kappa shape index (κ2) is 3.85. The van der Waals surface area contributed by atoms with Crippen molar-refractivity contribution in [2.45, 2.75) is 4.90 Å². The van der Waals surface area contributed by atoms with Gasteiger partial charge in [-0.1, -0.05) is 0 Å². The summed E-state index contributed by atoms with van der Waals surface area (Å²) in [5.74, 6) is -2.69. The van der Waals surface area contributed by atoms with Crippen LogP contribution in [0.5, 0.6) is 0 Å². The Bertz CT molecular complexity index is 499. The number of hydrogen-bond donors (Lipinski definition) is 2. The Morgan fingerprint density at radius 2 is 2.00 bits per heavy atom. The van der Waals surface area contributed by atoms with E-state index in [-0.39, 0.29) is 10.6 Å². The number of anilines is 1. The predicted molar refractivity (Wildman–Crippen MR) is 52.1 cm³/mol. The maximum atomic E-state index is 12.9. The van der Waals surface area contributed by atoms with Crippen molar-refractivity contribution in [2.75, 3.05) is 11.5 Å². The molecule has 0 aliphatic carbocycles. The summed E-state index contributed by atoms with van der Waals surface area (Å²) in [7, 11) is -3.87. The smallest absolute Gasteiger partial charge is 0.233 e. The molecule has 1 rings (SSSR count). The number of halogens is 1. The van der Waals surface area contributed by atoms with Gasteiger partial charge in [0.25, 0.3) is 0 Å². The van der Waals surface area contributed by atoms with E-state index in [0.717, 1.165) is 18.2 Å². The normalized spacial score (nSPS) is 11.3. The van der Waals surface area contributed by atoms with Crippen LogP contribution < -0.4 is 11.5 Å². The Balaban J connectivity index is 3.17. The number of hydrogen-bond acceptors (Lipinski definition) is 4. The van der Waals surface area contributed by atoms with Gasteiger partial charge in [0.15, 0.2) is 9.84 Å². The molecule has 0 atom stereocenters. The van der Waals surface area contributed by atoms with Crippen molar-refractivity contribution in [3.05, 3.63) is 24.0 Å². The van der Waals surface area contributed by atoms with Crippen LogP contribution >= 0.6 is 0 Å². The minimum atomic E-state index is -3.87. The molecule has 1 aromatic carbocycles. The summed E-state index contributed by atoms with van der Waals surface area (Å²) in [6.07, 6.45) is 0. The number of nitrogens with two attached hydrogens (primary N) is 2. The topological polar surface area (TPSA) is 103 Å². The molecule has 1 aromatic rings. The van der Waals surface area contributed by atoms with Crippen molar-refractivity contribution in [1.82, 2.24) is 0 Å². The molecular formula is C8H9FN2O3S. The van der Waals surface area contributed by atoms with Gasteiger partial charge in [-0.15, -0.1) is 0 Å². The van der Waals surface area contributed by atoms with Crippen LogP contribution in [0.15, 0.2) is 23.1 Å². The van der Waals surface area contributed by atoms with Gasteiger partial charge in [0.2, 0.25) is 5.91 Å². The third-order valence-electron chi connectivity index (χ3n) is 1.66. The molecule has 0 fully saturated rings. The summed E-state index contributed by atoms with van der Waals surface area (Å²) in [5, 5.41) is 0. The molecule has 0 radical (unpaired) electrons. The molecule has 0 spiro atoms. The predicted octanol–water partition coefficient (Wildman–Crippen LogP) is -0.333. The molecule has 0 saturated heterocycles. The lowest BCUT2D eigenvalue weighted by Crippen LogP contribution is -2.23. The lowest BCUT2D eigenvalue weighted by atomic mass is 10.3. The maximum Gasteiger partial charge on any atom is 0.233 e. The number of amides is 1. The van der Waals surface area contributed by atoms with Crippen molar-refractivity contribution in [1.29, 1.82) is 0 Å². The van der Waals surface area contributed by atoms with Crippen molar-refractivity contribution < 1.29 is 17.6 Å². The molecule has 0 aliphatic rings. The van der Waals surface area contributed by atoms with E-state index >= 15 is 0 Å². The minimum Gasteiger partial charge on any atom is -0.396 e. The highest BCUT2D eigenvalue weighted by molar-refractivity contribution is 7.92. The fourth-order valence-electron chi connectivity index (χ4n) is 0.972. The molecule has 15 heavy (non-hydrogen) atoms. The van der Waals surface area contributed by atoms with E-state index in [1.807, 2.05) is 0 Å². The summed E-state index contributed by atoms with van der Waals surface area (Å²) >= 11 is 0. The van der Waals surface area contributed by atoms with Gasteiger partial charge < -0.3 is 11.5 Å². The van der Waals surface area contributed by atoms with E-state index in [4.69, 9.17) is 11.5 Å². The minimum absolute atomic E-state index is 0.159. The quantitative estimate of drug-likeness (QED) is 0.696. The van der Waals surface area contributed by atoms with Crippen molar-refractivity contribution in [2.24, 2.45) is 5.73 Å². The zero-order valence-corrected chi connectivity index (χ0v) is 8.42. The highest BCUT2D eigenvalue weighted by Gasteiger charge is 2.18. The van der Waals surface area contributed by atoms with E-state index in [2.05, 4.69) is 0 Å². The van der Waals surface area contributed by atoms with E-state index in [0.29, 0.717) is 0 Å². The van der Waals surface area contributed by atoms with Crippen LogP contribution in [0.2, 0.25) is 0 Å². The molecule has 0 unspecified atom stereocenters. The zero-order valence-electron chi connectivity index (χ0n) is 7.60. The number of carbonyl (C=O) groups excluding carboxylic acids is 1. The van der Waals surface area contributed by atoms with Crippen LogP contribution in [0, 0.1) is 5.82 Å². The molecule has 5 nitrogen and oxygen atoms in total. The highest BCUT2D eigenvalue weighted by Crippen LogP contribution is 2.17. The first kappa shape index (κ1) is 11.4. The molecule has 0 bridgehead atoms. The van der Waals surface area contributed by atoms with Crippen LogP contribution in [-0.2, 0) is 14.6 Å². The van der Waals surface area contributed by atoms with Crippen LogP contribution in [0.3, 0.4) is 0 Å². The zero-order chi connectivity index (χ0) is 11.6. The molecule has 0 aromatic heterocycles. The number of rotatable bonds is 3. The van der Waals surface area contributed by atoms with Gasteiger partial charge in [-0.05, 0) is 18.2 Å². The lowest BCUT2D eigenvalue weighted by Gasteiger charge is -2.03. The Hall–Kier alpha value is -1.63. The summed E-state index contributed by atoms with van der Waals surface area (Å²) in [5.41, 5.74) is 9.76. The number of nitrogen functional groups attached to an aromatic ring is 1. The summed E-state index contributed by atoms with van der Waals surface area (Å²) in [6.45, 7) is 0. The largest absolute Gasteiger partial charge is 0.396 e. The maximum absolute atomic E-state index is 12.9. The molecule has 82 valence electrons. The highest BCUT2D eigenvalue weighted by atomic mass is 32.2. The Morgan fingerprint density at radius 1 is 1.40 bits per heavy atom. The Kier molecular flexibility index (Phi) is 2.94. The second-order valence-electron chi connectivity index (χ2n) is 2.91. The number of sulfone groups is 1. The monoisotopic (exact) mass is 232 g/mol. The van der Waals surface area contributed by atoms with E-state index in [9.17, 15) is 17.6 Å². The summed E-state index contributed by atoms with van der Waals surface area (Å²) in [4.78, 5) is 10.2. The van der Waals surface area contributed by atoms with E-state index < -0.39 is 27.3 Å². The van der Waals surface area contributed by atoms with E-state index in [1.165, 1.54) is 0 Å². The molecule has 7 heteroatoms. The van der Waals surface area contributed by atoms with Crippen LogP contribution in [-0.4, -0.2) is 20.1 Å². The lowest BCUT2D eigenvalue weighted by molar-refractivity contribution is -0.115. The average Bonchev–Trinajstić information content (AvgIpc) is 2.07. The Labute approximate surface area is 85.8 Å². The third-order valence-corrected chi connectivity index (χ3v) is 3.30. The molecule has 0 aliphatic heterocycles. The van der Waals surface area contributed by atoms with Crippen LogP contribution in [0.4, 0.5) is 10.1 Å². The fourth-order valence-corrected chi connectivity index (χ4v) is 2.07. The van der Waals surface area contributed by atoms with Gasteiger partial charge in [-0.3, -0.25) is 4.79 Å². The SMILES string of the molecule is NC(=O)CS(=O)(=O)c1ccc(N)c(F)c1. The number of primary amides is 1. The standard InChI is InChI=1S/C8H9FN2O3S/c9-6-3-5(1-2-7(6)10)15(13,14)4-8(11)12/h1-3H,4,10H2,(H2,11,12). The van der Waals surface area contributed by atoms with E-state index in [1.54, 1.807) is 0 Å². The van der Waals surface area contributed by atoms with Crippen LogP contribution in [0.25, 0.3) is 0 Å². The Morgan fingerprint density at radius 3 is 2.47 bits per heavy atom. The first-order valence-corrected chi connectivity index (χ1v) is 5.54. The first-order valence-electron chi connectivity index (χ1n) is 3.89. The molecule has 0 saturated carbocycles. The average molecular weight is 232 g/mol. The number of carbonyl (C=O) groups is 1. The molecular weight excluding hydrogens is 223 g/mol.